The maximum Gasteiger partial charge on any atom is 0.330 e. The number of hydrogen-bond donors (Lipinski definition) is 0. The first kappa shape index (κ1) is 29.4. The van der Waals surface area contributed by atoms with Gasteiger partial charge in [-0.2, -0.15) is 0 Å². The highest BCUT2D eigenvalue weighted by Gasteiger charge is 2.49. The number of aryl methyl sites for hydroxylation is 2. The second-order valence-corrected chi connectivity index (χ2v) is 10.3. The predicted octanol–water partition coefficient (Wildman–Crippen LogP) is 6.88. The van der Waals surface area contributed by atoms with Crippen molar-refractivity contribution in [2.45, 2.75) is 19.3 Å². The first-order valence-corrected chi connectivity index (χ1v) is 14.2. The molecular formula is C37H34O6. The minimum absolute atomic E-state index is 0.0841. The summed E-state index contributed by atoms with van der Waals surface area (Å²) < 4.78 is 23.2. The van der Waals surface area contributed by atoms with Crippen molar-refractivity contribution < 1.29 is 28.5 Å². The molecule has 6 heteroatoms. The molecule has 0 atom stereocenters. The predicted molar refractivity (Wildman–Crippen MR) is 167 cm³/mol. The second kappa shape index (κ2) is 12.8. The van der Waals surface area contributed by atoms with Gasteiger partial charge in [-0.3, -0.25) is 0 Å². The van der Waals surface area contributed by atoms with E-state index in [9.17, 15) is 9.59 Å². The van der Waals surface area contributed by atoms with Crippen molar-refractivity contribution in [2.75, 3.05) is 26.4 Å². The molecule has 218 valence electrons. The van der Waals surface area contributed by atoms with E-state index >= 15 is 0 Å². The number of hydrogen-bond acceptors (Lipinski definition) is 6. The maximum atomic E-state index is 11.6. The highest BCUT2D eigenvalue weighted by Crippen LogP contribution is 2.59. The molecule has 4 aromatic carbocycles. The molecule has 0 N–H and O–H groups in total. The molecule has 1 aliphatic carbocycles. The van der Waals surface area contributed by atoms with Crippen LogP contribution < -0.4 is 9.47 Å². The van der Waals surface area contributed by atoms with Gasteiger partial charge in [-0.15, -0.1) is 0 Å². The standard InChI is InChI=1S/C37H34O6/c1-5-35(38)42-21-19-40-33-23-25(3)15-17-31(33)37(29-13-9-7-11-27(29)28-12-8-10-14-30(28)37)32-18-16-26(4)24-34(32)41-20-22-43-36(39)6-2/h5-18,23-24H,1-2,19-22H2,3-4H3. The van der Waals surface area contributed by atoms with Gasteiger partial charge in [-0.05, 0) is 59.4 Å². The van der Waals surface area contributed by atoms with Crippen molar-refractivity contribution in [3.63, 3.8) is 0 Å². The molecule has 0 saturated carbocycles. The van der Waals surface area contributed by atoms with Crippen LogP contribution in [-0.2, 0) is 24.5 Å². The molecule has 0 amide bonds. The molecule has 0 unspecified atom stereocenters. The van der Waals surface area contributed by atoms with Gasteiger partial charge in [0, 0.05) is 23.3 Å². The quantitative estimate of drug-likeness (QED) is 0.0919. The summed E-state index contributed by atoms with van der Waals surface area (Å²) in [4.78, 5) is 23.3. The zero-order chi connectivity index (χ0) is 30.4. The molecule has 0 aliphatic heterocycles. The lowest BCUT2D eigenvalue weighted by molar-refractivity contribution is -0.139. The fraction of sp³-hybridized carbons (Fsp3) is 0.189. The van der Waals surface area contributed by atoms with Crippen molar-refractivity contribution in [2.24, 2.45) is 0 Å². The Morgan fingerprint density at radius 1 is 0.605 bits per heavy atom. The minimum Gasteiger partial charge on any atom is -0.490 e. The summed E-state index contributed by atoms with van der Waals surface area (Å²) in [5, 5.41) is 0. The van der Waals surface area contributed by atoms with Crippen LogP contribution in [0.2, 0.25) is 0 Å². The highest BCUT2D eigenvalue weighted by molar-refractivity contribution is 5.87. The van der Waals surface area contributed by atoms with E-state index in [0.29, 0.717) is 11.5 Å². The monoisotopic (exact) mass is 574 g/mol. The molecular weight excluding hydrogens is 540 g/mol. The fourth-order valence-electron chi connectivity index (χ4n) is 5.78. The van der Waals surface area contributed by atoms with E-state index in [1.807, 2.05) is 50.2 Å². The van der Waals surface area contributed by atoms with Crippen LogP contribution in [0, 0.1) is 13.8 Å². The summed E-state index contributed by atoms with van der Waals surface area (Å²) in [6.45, 7) is 11.5. The van der Waals surface area contributed by atoms with Gasteiger partial charge in [0.05, 0.1) is 5.41 Å². The number of ether oxygens (including phenoxy) is 4. The number of carbonyl (C=O) groups is 2. The van der Waals surface area contributed by atoms with Crippen LogP contribution in [0.25, 0.3) is 11.1 Å². The molecule has 6 nitrogen and oxygen atoms in total. The number of carbonyl (C=O) groups excluding carboxylic acids is 2. The lowest BCUT2D eigenvalue weighted by atomic mass is 9.66. The molecule has 0 fully saturated rings. The van der Waals surface area contributed by atoms with E-state index in [-0.39, 0.29) is 26.4 Å². The van der Waals surface area contributed by atoms with Gasteiger partial charge < -0.3 is 18.9 Å². The summed E-state index contributed by atoms with van der Waals surface area (Å²) >= 11 is 0. The van der Waals surface area contributed by atoms with E-state index in [4.69, 9.17) is 18.9 Å². The Bertz CT molecular complexity index is 1560. The number of benzene rings is 4. The van der Waals surface area contributed by atoms with Gasteiger partial charge in [-0.25, -0.2) is 9.59 Å². The maximum absolute atomic E-state index is 11.6. The summed E-state index contributed by atoms with van der Waals surface area (Å²) in [6, 6.07) is 29.2. The van der Waals surface area contributed by atoms with Gasteiger partial charge in [0.25, 0.3) is 0 Å². The van der Waals surface area contributed by atoms with E-state index in [1.165, 1.54) is 0 Å². The van der Waals surface area contributed by atoms with Crippen LogP contribution in [0.1, 0.15) is 33.4 Å². The SMILES string of the molecule is C=CC(=O)OCCOc1cc(C)ccc1C1(c2ccc(C)cc2OCCOC(=O)C=C)c2ccccc2-c2ccccc21. The Labute approximate surface area is 252 Å². The molecule has 4 aromatic rings. The largest absolute Gasteiger partial charge is 0.490 e. The summed E-state index contributed by atoms with van der Waals surface area (Å²) in [6.07, 6.45) is 2.27. The number of rotatable bonds is 12. The van der Waals surface area contributed by atoms with Crippen molar-refractivity contribution in [3.8, 4) is 22.6 Å². The average Bonchev–Trinajstić information content (AvgIpc) is 3.32. The van der Waals surface area contributed by atoms with Crippen LogP contribution in [-0.4, -0.2) is 38.4 Å². The smallest absolute Gasteiger partial charge is 0.330 e. The molecule has 1 aliphatic rings. The van der Waals surface area contributed by atoms with Gasteiger partial charge in [0.1, 0.15) is 37.9 Å². The normalized spacial score (nSPS) is 12.4. The minimum atomic E-state index is -0.811. The lowest BCUT2D eigenvalue weighted by Gasteiger charge is -2.36. The average molecular weight is 575 g/mol. The first-order chi connectivity index (χ1) is 20.9. The molecule has 0 bridgehead atoms. The van der Waals surface area contributed by atoms with Crippen molar-refractivity contribution in [1.82, 2.24) is 0 Å². The van der Waals surface area contributed by atoms with Crippen LogP contribution in [0.15, 0.2) is 110 Å². The number of fused-ring (bicyclic) bond motifs is 3. The van der Waals surface area contributed by atoms with Crippen LogP contribution in [0.4, 0.5) is 0 Å². The molecule has 0 heterocycles. The zero-order valence-electron chi connectivity index (χ0n) is 24.4. The van der Waals surface area contributed by atoms with E-state index in [2.05, 4.69) is 61.7 Å². The third-order valence-corrected chi connectivity index (χ3v) is 7.54. The van der Waals surface area contributed by atoms with Crippen LogP contribution in [0.3, 0.4) is 0 Å². The third kappa shape index (κ3) is 5.69. The summed E-state index contributed by atoms with van der Waals surface area (Å²) in [5.41, 5.74) is 7.53. The molecule has 0 saturated heterocycles. The Hall–Kier alpha value is -5.10. The Morgan fingerprint density at radius 2 is 1.02 bits per heavy atom. The molecule has 0 spiro atoms. The van der Waals surface area contributed by atoms with Crippen LogP contribution >= 0.6 is 0 Å². The molecule has 5 rings (SSSR count). The molecule has 43 heavy (non-hydrogen) atoms. The second-order valence-electron chi connectivity index (χ2n) is 10.3. The summed E-state index contributed by atoms with van der Waals surface area (Å²) in [7, 11) is 0. The van der Waals surface area contributed by atoms with E-state index < -0.39 is 17.4 Å². The zero-order valence-corrected chi connectivity index (χ0v) is 24.4. The Morgan fingerprint density at radius 3 is 1.44 bits per heavy atom. The van der Waals surface area contributed by atoms with Gasteiger partial charge in [0.15, 0.2) is 0 Å². The Kier molecular flexibility index (Phi) is 8.77. The van der Waals surface area contributed by atoms with E-state index in [1.54, 1.807) is 0 Å². The van der Waals surface area contributed by atoms with Gasteiger partial charge in [-0.1, -0.05) is 86.0 Å². The van der Waals surface area contributed by atoms with E-state index in [0.717, 1.165) is 56.7 Å². The van der Waals surface area contributed by atoms with Crippen molar-refractivity contribution >= 4 is 11.9 Å². The van der Waals surface area contributed by atoms with Crippen molar-refractivity contribution in [3.05, 3.63) is 144 Å². The van der Waals surface area contributed by atoms with Gasteiger partial charge >= 0.3 is 11.9 Å². The number of esters is 2. The Balaban J connectivity index is 1.71. The van der Waals surface area contributed by atoms with Crippen LogP contribution in [0.5, 0.6) is 11.5 Å². The molecule has 0 aromatic heterocycles. The lowest BCUT2D eigenvalue weighted by Crippen LogP contribution is -2.30. The highest BCUT2D eigenvalue weighted by atomic mass is 16.6. The topological polar surface area (TPSA) is 71.1 Å². The molecule has 0 radical (unpaired) electrons. The first-order valence-electron chi connectivity index (χ1n) is 14.2. The van der Waals surface area contributed by atoms with Gasteiger partial charge in [0.2, 0.25) is 0 Å². The van der Waals surface area contributed by atoms with Crippen molar-refractivity contribution in [1.29, 1.82) is 0 Å². The third-order valence-electron chi connectivity index (χ3n) is 7.54. The fourth-order valence-corrected chi connectivity index (χ4v) is 5.78. The summed E-state index contributed by atoms with van der Waals surface area (Å²) in [5.74, 6) is 0.354.